The number of halogens is 2. The standard InChI is InChI=1S/C17H16BrClN2/c18-14-8-9-15-16(11-14)21(17(12-19)20-15)10-4-7-13-5-2-1-3-6-13/h1-3,5-6,8-9,11H,4,7,10,12H2. The zero-order chi connectivity index (χ0) is 14.7. The molecule has 1 aromatic heterocycles. The highest BCUT2D eigenvalue weighted by molar-refractivity contribution is 9.10. The van der Waals surface area contributed by atoms with E-state index in [1.54, 1.807) is 0 Å². The Balaban J connectivity index is 1.80. The first-order valence-corrected chi connectivity index (χ1v) is 8.35. The van der Waals surface area contributed by atoms with E-state index in [0.717, 1.165) is 40.7 Å². The molecule has 0 N–H and O–H groups in total. The van der Waals surface area contributed by atoms with Crippen molar-refractivity contribution in [3.8, 4) is 0 Å². The fourth-order valence-electron chi connectivity index (χ4n) is 2.58. The van der Waals surface area contributed by atoms with Crippen LogP contribution in [0.3, 0.4) is 0 Å². The smallest absolute Gasteiger partial charge is 0.124 e. The average Bonchev–Trinajstić information content (AvgIpc) is 2.86. The number of hydrogen-bond acceptors (Lipinski definition) is 1. The predicted octanol–water partition coefficient (Wildman–Crippen LogP) is 5.17. The molecule has 3 rings (SSSR count). The lowest BCUT2D eigenvalue weighted by Gasteiger charge is -2.08. The van der Waals surface area contributed by atoms with Crippen LogP contribution in [0.1, 0.15) is 17.8 Å². The Morgan fingerprint density at radius 2 is 1.90 bits per heavy atom. The molecule has 2 nitrogen and oxygen atoms in total. The molecule has 0 aliphatic heterocycles. The molecule has 0 fully saturated rings. The fraction of sp³-hybridized carbons (Fsp3) is 0.235. The number of rotatable bonds is 5. The largest absolute Gasteiger partial charge is 0.327 e. The van der Waals surface area contributed by atoms with E-state index >= 15 is 0 Å². The van der Waals surface area contributed by atoms with Gasteiger partial charge in [-0.1, -0.05) is 46.3 Å². The Morgan fingerprint density at radius 3 is 2.67 bits per heavy atom. The lowest BCUT2D eigenvalue weighted by atomic mass is 10.1. The van der Waals surface area contributed by atoms with E-state index in [-0.39, 0.29) is 0 Å². The van der Waals surface area contributed by atoms with Crippen LogP contribution in [0, 0.1) is 0 Å². The van der Waals surface area contributed by atoms with Crippen LogP contribution in [0.5, 0.6) is 0 Å². The highest BCUT2D eigenvalue weighted by Gasteiger charge is 2.10. The van der Waals surface area contributed by atoms with Gasteiger partial charge in [-0.2, -0.15) is 0 Å². The van der Waals surface area contributed by atoms with Crippen LogP contribution in [0.4, 0.5) is 0 Å². The number of aryl methyl sites for hydroxylation is 2. The normalized spacial score (nSPS) is 11.1. The number of aromatic nitrogens is 2. The van der Waals surface area contributed by atoms with E-state index in [9.17, 15) is 0 Å². The number of imidazole rings is 1. The Hall–Kier alpha value is -1.32. The van der Waals surface area contributed by atoms with Crippen molar-refractivity contribution < 1.29 is 0 Å². The van der Waals surface area contributed by atoms with Crippen LogP contribution >= 0.6 is 27.5 Å². The molecule has 108 valence electrons. The van der Waals surface area contributed by atoms with Crippen molar-refractivity contribution in [1.82, 2.24) is 9.55 Å². The lowest BCUT2D eigenvalue weighted by Crippen LogP contribution is -2.03. The summed E-state index contributed by atoms with van der Waals surface area (Å²) in [4.78, 5) is 4.61. The van der Waals surface area contributed by atoms with Gasteiger partial charge in [0.25, 0.3) is 0 Å². The molecule has 0 saturated carbocycles. The van der Waals surface area contributed by atoms with Crippen LogP contribution in [0.25, 0.3) is 11.0 Å². The van der Waals surface area contributed by atoms with Gasteiger partial charge < -0.3 is 4.57 Å². The summed E-state index contributed by atoms with van der Waals surface area (Å²) in [5.41, 5.74) is 3.53. The molecule has 0 spiro atoms. The van der Waals surface area contributed by atoms with Gasteiger partial charge in [0.1, 0.15) is 5.82 Å². The van der Waals surface area contributed by atoms with Crippen molar-refractivity contribution in [3.05, 3.63) is 64.4 Å². The fourth-order valence-corrected chi connectivity index (χ4v) is 3.14. The second-order valence-corrected chi connectivity index (χ2v) is 6.22. The third-order valence-corrected chi connectivity index (χ3v) is 4.33. The quantitative estimate of drug-likeness (QED) is 0.572. The van der Waals surface area contributed by atoms with Crippen LogP contribution in [0.15, 0.2) is 53.0 Å². The van der Waals surface area contributed by atoms with Crippen LogP contribution in [-0.2, 0) is 18.8 Å². The number of nitrogens with zero attached hydrogens (tertiary/aromatic N) is 2. The van der Waals surface area contributed by atoms with E-state index in [0.29, 0.717) is 5.88 Å². The molecule has 4 heteroatoms. The van der Waals surface area contributed by atoms with Crippen molar-refractivity contribution in [2.75, 3.05) is 0 Å². The molecule has 0 aliphatic carbocycles. The molecule has 21 heavy (non-hydrogen) atoms. The molecule has 0 unspecified atom stereocenters. The molecule has 0 radical (unpaired) electrons. The van der Waals surface area contributed by atoms with Crippen molar-refractivity contribution in [2.45, 2.75) is 25.3 Å². The third kappa shape index (κ3) is 3.30. The van der Waals surface area contributed by atoms with Gasteiger partial charge in [-0.25, -0.2) is 4.98 Å². The first-order valence-electron chi connectivity index (χ1n) is 7.02. The van der Waals surface area contributed by atoms with E-state index in [1.807, 2.05) is 12.1 Å². The summed E-state index contributed by atoms with van der Waals surface area (Å²) in [5, 5.41) is 0. The monoisotopic (exact) mass is 362 g/mol. The van der Waals surface area contributed by atoms with Crippen LogP contribution in [0.2, 0.25) is 0 Å². The molecule has 0 amide bonds. The molecule has 0 saturated heterocycles. The lowest BCUT2D eigenvalue weighted by molar-refractivity contribution is 0.638. The maximum absolute atomic E-state index is 6.04. The van der Waals surface area contributed by atoms with Gasteiger partial charge >= 0.3 is 0 Å². The second kappa shape index (κ2) is 6.63. The van der Waals surface area contributed by atoms with Crippen LogP contribution < -0.4 is 0 Å². The molecule has 3 aromatic rings. The minimum atomic E-state index is 0.442. The summed E-state index contributed by atoms with van der Waals surface area (Å²) in [7, 11) is 0. The first kappa shape index (κ1) is 14.6. The molecular formula is C17H16BrClN2. The van der Waals surface area contributed by atoms with E-state index in [1.165, 1.54) is 5.56 Å². The van der Waals surface area contributed by atoms with E-state index in [2.05, 4.69) is 61.9 Å². The molecule has 0 aliphatic rings. The molecule has 2 aromatic carbocycles. The van der Waals surface area contributed by atoms with Gasteiger partial charge in [0.05, 0.1) is 16.9 Å². The predicted molar refractivity (Wildman–Crippen MR) is 91.8 cm³/mol. The highest BCUT2D eigenvalue weighted by atomic mass is 79.9. The number of fused-ring (bicyclic) bond motifs is 1. The molecule has 0 bridgehead atoms. The van der Waals surface area contributed by atoms with Gasteiger partial charge in [0.15, 0.2) is 0 Å². The summed E-state index contributed by atoms with van der Waals surface area (Å²) in [6.45, 7) is 0.934. The zero-order valence-electron chi connectivity index (χ0n) is 11.6. The minimum absolute atomic E-state index is 0.442. The van der Waals surface area contributed by atoms with Gasteiger partial charge in [0, 0.05) is 11.0 Å². The summed E-state index contributed by atoms with van der Waals surface area (Å²) >= 11 is 9.57. The number of hydrogen-bond donors (Lipinski definition) is 0. The average molecular weight is 364 g/mol. The first-order chi connectivity index (χ1) is 10.3. The summed E-state index contributed by atoms with van der Waals surface area (Å²) in [6, 6.07) is 16.7. The molecule has 1 heterocycles. The van der Waals surface area contributed by atoms with Gasteiger partial charge in [-0.05, 0) is 36.6 Å². The maximum atomic E-state index is 6.04. The Morgan fingerprint density at radius 1 is 1.10 bits per heavy atom. The summed E-state index contributed by atoms with van der Waals surface area (Å²) < 4.78 is 3.30. The van der Waals surface area contributed by atoms with Crippen molar-refractivity contribution >= 4 is 38.6 Å². The van der Waals surface area contributed by atoms with Gasteiger partial charge in [-0.15, -0.1) is 11.6 Å². The van der Waals surface area contributed by atoms with E-state index in [4.69, 9.17) is 11.6 Å². The van der Waals surface area contributed by atoms with Crippen molar-refractivity contribution in [3.63, 3.8) is 0 Å². The third-order valence-electron chi connectivity index (χ3n) is 3.60. The second-order valence-electron chi connectivity index (χ2n) is 5.04. The minimum Gasteiger partial charge on any atom is -0.327 e. The Labute approximate surface area is 137 Å². The summed E-state index contributed by atoms with van der Waals surface area (Å²) in [5.74, 6) is 1.38. The molecule has 0 atom stereocenters. The maximum Gasteiger partial charge on any atom is 0.124 e. The van der Waals surface area contributed by atoms with E-state index < -0.39 is 0 Å². The molecular weight excluding hydrogens is 348 g/mol. The number of alkyl halides is 1. The van der Waals surface area contributed by atoms with Crippen LogP contribution in [-0.4, -0.2) is 9.55 Å². The Kier molecular flexibility index (Phi) is 4.61. The van der Waals surface area contributed by atoms with Gasteiger partial charge in [0.2, 0.25) is 0 Å². The SMILES string of the molecule is ClCc1nc2ccc(Br)cc2n1CCCc1ccccc1. The summed E-state index contributed by atoms with van der Waals surface area (Å²) in [6.07, 6.45) is 2.14. The van der Waals surface area contributed by atoms with Gasteiger partial charge in [-0.3, -0.25) is 0 Å². The number of benzene rings is 2. The Bertz CT molecular complexity index is 737. The topological polar surface area (TPSA) is 17.8 Å². The highest BCUT2D eigenvalue weighted by Crippen LogP contribution is 2.22. The van der Waals surface area contributed by atoms with Crippen molar-refractivity contribution in [1.29, 1.82) is 0 Å². The van der Waals surface area contributed by atoms with Crippen molar-refractivity contribution in [2.24, 2.45) is 0 Å². The zero-order valence-corrected chi connectivity index (χ0v) is 13.9.